The number of unbranched alkanes of at least 4 members (excludes halogenated alkanes) is 10. The Morgan fingerprint density at radius 1 is 0.833 bits per heavy atom. The number of rotatable bonds is 15. The lowest BCUT2D eigenvalue weighted by Crippen LogP contribution is -2.25. The van der Waals surface area contributed by atoms with E-state index in [0.29, 0.717) is 0 Å². The smallest absolute Gasteiger partial charge is 0.416 e. The first-order chi connectivity index (χ1) is 11.7. The van der Waals surface area contributed by atoms with Gasteiger partial charge in [0.1, 0.15) is 6.26 Å². The number of H-pyrrole nitrogens is 1. The quantitative estimate of drug-likeness (QED) is 0.361. The molecule has 1 rings (SSSR count). The number of nitrogens with one attached hydrogen (secondary N) is 1. The van der Waals surface area contributed by atoms with Gasteiger partial charge in [0.05, 0.1) is 5.69 Å². The predicted molar refractivity (Wildman–Crippen MR) is 103 cm³/mol. The minimum atomic E-state index is -0.324. The van der Waals surface area contributed by atoms with Crippen LogP contribution in [0.4, 0.5) is 0 Å². The monoisotopic (exact) mass is 337 g/mol. The Morgan fingerprint density at radius 2 is 1.33 bits per heavy atom. The minimum Gasteiger partial charge on any atom is -0.416 e. The maximum absolute atomic E-state index is 11.3. The number of hydrogen-bond donors (Lipinski definition) is 1. The van der Waals surface area contributed by atoms with Gasteiger partial charge in [0, 0.05) is 5.41 Å². The molecule has 0 radical (unpaired) electrons. The zero-order chi connectivity index (χ0) is 17.7. The van der Waals surface area contributed by atoms with Crippen molar-refractivity contribution in [2.24, 2.45) is 0 Å². The molecule has 140 valence electrons. The van der Waals surface area contributed by atoms with E-state index in [0.717, 1.165) is 25.0 Å². The van der Waals surface area contributed by atoms with Gasteiger partial charge in [0.15, 0.2) is 0 Å². The van der Waals surface area contributed by atoms with Crippen LogP contribution in [0.2, 0.25) is 0 Å². The van der Waals surface area contributed by atoms with Crippen molar-refractivity contribution in [3.8, 4) is 0 Å². The van der Waals surface area contributed by atoms with Crippen LogP contribution in [0.15, 0.2) is 15.5 Å². The zero-order valence-electron chi connectivity index (χ0n) is 16.3. The molecule has 0 saturated carbocycles. The molecule has 0 fully saturated rings. The van der Waals surface area contributed by atoms with Crippen LogP contribution in [0.1, 0.15) is 116 Å². The van der Waals surface area contributed by atoms with Crippen LogP contribution >= 0.6 is 0 Å². The van der Waals surface area contributed by atoms with Gasteiger partial charge in [-0.25, -0.2) is 4.79 Å². The SMILES string of the molecule is CCCCCCCCCCCCCC(CC)(CC)c1coc(=O)[nH]1. The molecule has 1 heterocycles. The fourth-order valence-electron chi connectivity index (χ4n) is 3.79. The average Bonchev–Trinajstić information content (AvgIpc) is 3.03. The van der Waals surface area contributed by atoms with E-state index < -0.39 is 0 Å². The van der Waals surface area contributed by atoms with Crippen molar-refractivity contribution >= 4 is 0 Å². The highest BCUT2D eigenvalue weighted by atomic mass is 16.4. The summed E-state index contributed by atoms with van der Waals surface area (Å²) in [7, 11) is 0. The molecule has 0 saturated heterocycles. The molecule has 3 heteroatoms. The third kappa shape index (κ3) is 7.27. The normalized spacial score (nSPS) is 12.0. The Hall–Kier alpha value is -0.990. The topological polar surface area (TPSA) is 46.0 Å². The van der Waals surface area contributed by atoms with Gasteiger partial charge in [-0.2, -0.15) is 0 Å². The lowest BCUT2D eigenvalue weighted by atomic mass is 9.75. The van der Waals surface area contributed by atoms with E-state index in [1.54, 1.807) is 6.26 Å². The van der Waals surface area contributed by atoms with E-state index in [-0.39, 0.29) is 11.2 Å². The molecule has 0 amide bonds. The van der Waals surface area contributed by atoms with E-state index in [2.05, 4.69) is 25.8 Å². The Kier molecular flexibility index (Phi) is 10.9. The first-order valence-corrected chi connectivity index (χ1v) is 10.4. The second kappa shape index (κ2) is 12.4. The van der Waals surface area contributed by atoms with Gasteiger partial charge < -0.3 is 4.42 Å². The van der Waals surface area contributed by atoms with Gasteiger partial charge in [-0.15, -0.1) is 0 Å². The molecule has 0 bridgehead atoms. The van der Waals surface area contributed by atoms with Crippen LogP contribution in [0.5, 0.6) is 0 Å². The van der Waals surface area contributed by atoms with Crippen molar-refractivity contribution in [1.29, 1.82) is 0 Å². The number of hydrogen-bond acceptors (Lipinski definition) is 2. The highest BCUT2D eigenvalue weighted by Gasteiger charge is 2.30. The summed E-state index contributed by atoms with van der Waals surface area (Å²) >= 11 is 0. The Bertz CT molecular complexity index is 456. The van der Waals surface area contributed by atoms with Crippen molar-refractivity contribution in [1.82, 2.24) is 4.98 Å². The third-order valence-electron chi connectivity index (χ3n) is 5.70. The number of oxazole rings is 1. The van der Waals surface area contributed by atoms with Crippen LogP contribution in [0.3, 0.4) is 0 Å². The summed E-state index contributed by atoms with van der Waals surface area (Å²) in [6, 6.07) is 0. The molecular weight excluding hydrogens is 298 g/mol. The van der Waals surface area contributed by atoms with Crippen LogP contribution in [0, 0.1) is 0 Å². The highest BCUT2D eigenvalue weighted by Crippen LogP contribution is 2.35. The average molecular weight is 338 g/mol. The largest absolute Gasteiger partial charge is 0.416 e. The van der Waals surface area contributed by atoms with Gasteiger partial charge in [-0.3, -0.25) is 4.98 Å². The maximum Gasteiger partial charge on any atom is 0.416 e. The molecule has 0 aliphatic heterocycles. The maximum atomic E-state index is 11.3. The predicted octanol–water partition coefficient (Wildman–Crippen LogP) is 6.73. The molecule has 1 aromatic rings. The van der Waals surface area contributed by atoms with Crippen LogP contribution in [-0.4, -0.2) is 4.98 Å². The molecule has 1 aromatic heterocycles. The highest BCUT2D eigenvalue weighted by molar-refractivity contribution is 5.11. The summed E-state index contributed by atoms with van der Waals surface area (Å²) in [6.45, 7) is 6.71. The Balaban J connectivity index is 2.15. The summed E-state index contributed by atoms with van der Waals surface area (Å²) in [5, 5.41) is 0. The fourth-order valence-corrected chi connectivity index (χ4v) is 3.79. The molecule has 0 aromatic carbocycles. The van der Waals surface area contributed by atoms with Crippen molar-refractivity contribution in [3.63, 3.8) is 0 Å². The first kappa shape index (κ1) is 21.1. The van der Waals surface area contributed by atoms with E-state index in [9.17, 15) is 4.79 Å². The molecule has 24 heavy (non-hydrogen) atoms. The van der Waals surface area contributed by atoms with Crippen molar-refractivity contribution in [3.05, 3.63) is 22.5 Å². The molecule has 1 N–H and O–H groups in total. The summed E-state index contributed by atoms with van der Waals surface area (Å²) < 4.78 is 4.97. The molecule has 3 nitrogen and oxygen atoms in total. The van der Waals surface area contributed by atoms with Crippen molar-refractivity contribution in [2.45, 2.75) is 116 Å². The number of aromatic amines is 1. The molecule has 0 atom stereocenters. The van der Waals surface area contributed by atoms with Crippen LogP contribution < -0.4 is 5.76 Å². The lowest BCUT2D eigenvalue weighted by molar-refractivity contribution is 0.338. The van der Waals surface area contributed by atoms with Gasteiger partial charge >= 0.3 is 5.76 Å². The van der Waals surface area contributed by atoms with E-state index in [1.807, 2.05) is 0 Å². The standard InChI is InChI=1S/C21H39NO2/c1-4-7-8-9-10-11-12-13-14-15-16-17-21(5-2,6-3)19-18-24-20(23)22-19/h18H,4-17H2,1-3H3,(H,22,23). The van der Waals surface area contributed by atoms with Crippen LogP contribution in [-0.2, 0) is 5.41 Å². The van der Waals surface area contributed by atoms with Crippen molar-refractivity contribution < 1.29 is 4.42 Å². The second-order valence-electron chi connectivity index (χ2n) is 7.33. The molecule has 0 aliphatic rings. The van der Waals surface area contributed by atoms with Crippen molar-refractivity contribution in [2.75, 3.05) is 0 Å². The first-order valence-electron chi connectivity index (χ1n) is 10.4. The number of aromatic nitrogens is 1. The molecular formula is C21H39NO2. The Morgan fingerprint density at radius 3 is 1.75 bits per heavy atom. The minimum absolute atomic E-state index is 0.0887. The van der Waals surface area contributed by atoms with Gasteiger partial charge in [-0.05, 0) is 19.3 Å². The summed E-state index contributed by atoms with van der Waals surface area (Å²) in [5.41, 5.74) is 1.08. The van der Waals surface area contributed by atoms with Gasteiger partial charge in [0.25, 0.3) is 0 Å². The lowest BCUT2D eigenvalue weighted by Gasteiger charge is -2.30. The zero-order valence-corrected chi connectivity index (χ0v) is 16.3. The van der Waals surface area contributed by atoms with E-state index >= 15 is 0 Å². The van der Waals surface area contributed by atoms with Gasteiger partial charge in [-0.1, -0.05) is 91.4 Å². The summed E-state index contributed by atoms with van der Waals surface area (Å²) in [6.07, 6.45) is 20.0. The summed E-state index contributed by atoms with van der Waals surface area (Å²) in [4.78, 5) is 14.2. The second-order valence-corrected chi connectivity index (χ2v) is 7.33. The summed E-state index contributed by atoms with van der Waals surface area (Å²) in [5.74, 6) is -0.324. The third-order valence-corrected chi connectivity index (χ3v) is 5.70. The van der Waals surface area contributed by atoms with Crippen LogP contribution in [0.25, 0.3) is 0 Å². The fraction of sp³-hybridized carbons (Fsp3) is 0.857. The molecule has 0 unspecified atom stereocenters. The Labute approximate surface area is 148 Å². The van der Waals surface area contributed by atoms with E-state index in [4.69, 9.17) is 4.42 Å². The molecule has 0 spiro atoms. The molecule has 0 aliphatic carbocycles. The van der Waals surface area contributed by atoms with Gasteiger partial charge in [0.2, 0.25) is 0 Å². The van der Waals surface area contributed by atoms with E-state index in [1.165, 1.54) is 70.6 Å².